The van der Waals surface area contributed by atoms with Gasteiger partial charge in [-0.2, -0.15) is 0 Å². The summed E-state index contributed by atoms with van der Waals surface area (Å²) in [6.07, 6.45) is 6.20. The minimum atomic E-state index is 0.0562. The largest absolute Gasteiger partial charge is 0.396 e. The van der Waals surface area contributed by atoms with E-state index >= 15 is 0 Å². The molecule has 1 fully saturated rings. The van der Waals surface area contributed by atoms with Gasteiger partial charge in [-0.3, -0.25) is 9.78 Å². The summed E-state index contributed by atoms with van der Waals surface area (Å²) >= 11 is 0. The zero-order valence-electron chi connectivity index (χ0n) is 9.88. The molecule has 17 heavy (non-hydrogen) atoms. The Kier molecular flexibility index (Phi) is 4.09. The van der Waals surface area contributed by atoms with Crippen LogP contribution in [0.1, 0.15) is 29.6 Å². The van der Waals surface area contributed by atoms with Crippen LogP contribution in [0.15, 0.2) is 24.5 Å². The van der Waals surface area contributed by atoms with Gasteiger partial charge >= 0.3 is 0 Å². The Bertz CT molecular complexity index is 365. The highest BCUT2D eigenvalue weighted by molar-refractivity contribution is 5.93. The van der Waals surface area contributed by atoms with Crippen LogP contribution in [-0.4, -0.2) is 40.6 Å². The maximum Gasteiger partial charge on any atom is 0.255 e. The Morgan fingerprint density at radius 1 is 1.59 bits per heavy atom. The normalized spacial score (nSPS) is 20.3. The molecular formula is C13H18N2O2. The molecule has 2 heterocycles. The molecule has 92 valence electrons. The average Bonchev–Trinajstić information content (AvgIpc) is 2.40. The van der Waals surface area contributed by atoms with Gasteiger partial charge in [0.25, 0.3) is 5.91 Å². The average molecular weight is 234 g/mol. The Hall–Kier alpha value is -1.42. The van der Waals surface area contributed by atoms with Gasteiger partial charge in [0.05, 0.1) is 5.56 Å². The maximum absolute atomic E-state index is 12.2. The quantitative estimate of drug-likeness (QED) is 0.858. The Morgan fingerprint density at radius 2 is 2.47 bits per heavy atom. The van der Waals surface area contributed by atoms with E-state index in [-0.39, 0.29) is 12.5 Å². The number of carbonyl (C=O) groups excluding carboxylic acids is 1. The molecule has 1 aromatic rings. The second-order valence-electron chi connectivity index (χ2n) is 4.51. The van der Waals surface area contributed by atoms with Gasteiger partial charge in [-0.05, 0) is 37.3 Å². The van der Waals surface area contributed by atoms with Crippen molar-refractivity contribution in [3.8, 4) is 0 Å². The SMILES string of the molecule is O=C(c1cccnc1)N1CCCC(CCO)C1. The van der Waals surface area contributed by atoms with E-state index in [0.717, 1.165) is 32.4 Å². The molecule has 0 bridgehead atoms. The smallest absolute Gasteiger partial charge is 0.255 e. The summed E-state index contributed by atoms with van der Waals surface area (Å²) in [7, 11) is 0. The predicted octanol–water partition coefficient (Wildman–Crippen LogP) is 1.32. The minimum absolute atomic E-state index is 0.0562. The molecule has 4 nitrogen and oxygen atoms in total. The number of hydrogen-bond donors (Lipinski definition) is 1. The molecule has 1 N–H and O–H groups in total. The van der Waals surface area contributed by atoms with Gasteiger partial charge in [0.15, 0.2) is 0 Å². The highest BCUT2D eigenvalue weighted by atomic mass is 16.3. The van der Waals surface area contributed by atoms with E-state index < -0.39 is 0 Å². The van der Waals surface area contributed by atoms with Gasteiger partial charge in [-0.25, -0.2) is 0 Å². The van der Waals surface area contributed by atoms with Crippen molar-refractivity contribution in [2.45, 2.75) is 19.3 Å². The van der Waals surface area contributed by atoms with Crippen LogP contribution in [0.5, 0.6) is 0 Å². The van der Waals surface area contributed by atoms with Crippen LogP contribution in [0.4, 0.5) is 0 Å². The minimum Gasteiger partial charge on any atom is -0.396 e. The van der Waals surface area contributed by atoms with Crippen molar-refractivity contribution in [3.63, 3.8) is 0 Å². The van der Waals surface area contributed by atoms with E-state index in [2.05, 4.69) is 4.98 Å². The van der Waals surface area contributed by atoms with E-state index in [4.69, 9.17) is 5.11 Å². The standard InChI is InChI=1S/C13H18N2O2/c16-8-5-11-3-2-7-15(10-11)13(17)12-4-1-6-14-9-12/h1,4,6,9,11,16H,2-3,5,7-8,10H2. The number of rotatable bonds is 3. The summed E-state index contributed by atoms with van der Waals surface area (Å²) in [6.45, 7) is 1.78. The number of aliphatic hydroxyl groups excluding tert-OH is 1. The molecule has 1 amide bonds. The van der Waals surface area contributed by atoms with Crippen molar-refractivity contribution in [3.05, 3.63) is 30.1 Å². The highest BCUT2D eigenvalue weighted by Crippen LogP contribution is 2.20. The third kappa shape index (κ3) is 3.03. The first-order chi connectivity index (χ1) is 8.31. The summed E-state index contributed by atoms with van der Waals surface area (Å²) in [4.78, 5) is 18.0. The van der Waals surface area contributed by atoms with Crippen LogP contribution < -0.4 is 0 Å². The molecule has 4 heteroatoms. The summed E-state index contributed by atoms with van der Waals surface area (Å²) in [6, 6.07) is 3.58. The van der Waals surface area contributed by atoms with E-state index in [0.29, 0.717) is 11.5 Å². The summed E-state index contributed by atoms with van der Waals surface area (Å²) in [5, 5.41) is 8.95. The van der Waals surface area contributed by atoms with E-state index in [1.54, 1.807) is 24.5 Å². The van der Waals surface area contributed by atoms with E-state index in [1.165, 1.54) is 0 Å². The molecule has 0 aromatic carbocycles. The van der Waals surface area contributed by atoms with Gasteiger partial charge in [-0.15, -0.1) is 0 Å². The number of amides is 1. The van der Waals surface area contributed by atoms with Gasteiger partial charge in [0.1, 0.15) is 0 Å². The van der Waals surface area contributed by atoms with Crippen LogP contribution in [0.3, 0.4) is 0 Å². The highest BCUT2D eigenvalue weighted by Gasteiger charge is 2.23. The van der Waals surface area contributed by atoms with Gasteiger partial charge in [0.2, 0.25) is 0 Å². The van der Waals surface area contributed by atoms with Gasteiger partial charge in [-0.1, -0.05) is 0 Å². The number of aromatic nitrogens is 1. The fourth-order valence-corrected chi connectivity index (χ4v) is 2.34. The lowest BCUT2D eigenvalue weighted by atomic mass is 9.95. The zero-order valence-corrected chi connectivity index (χ0v) is 9.88. The van der Waals surface area contributed by atoms with Crippen LogP contribution >= 0.6 is 0 Å². The molecule has 2 rings (SSSR count). The molecule has 1 saturated heterocycles. The predicted molar refractivity (Wildman–Crippen MR) is 64.6 cm³/mol. The van der Waals surface area contributed by atoms with Crippen molar-refractivity contribution in [1.29, 1.82) is 0 Å². The Morgan fingerprint density at radius 3 is 3.18 bits per heavy atom. The first-order valence-corrected chi connectivity index (χ1v) is 6.11. The van der Waals surface area contributed by atoms with Crippen molar-refractivity contribution < 1.29 is 9.90 Å². The third-order valence-electron chi connectivity index (χ3n) is 3.25. The topological polar surface area (TPSA) is 53.4 Å². The number of likely N-dealkylation sites (tertiary alicyclic amines) is 1. The molecule has 1 atom stereocenters. The number of aliphatic hydroxyl groups is 1. The fourth-order valence-electron chi connectivity index (χ4n) is 2.34. The first-order valence-electron chi connectivity index (χ1n) is 6.11. The van der Waals surface area contributed by atoms with Crippen molar-refractivity contribution in [2.24, 2.45) is 5.92 Å². The molecule has 0 saturated carbocycles. The Balaban J connectivity index is 2.00. The third-order valence-corrected chi connectivity index (χ3v) is 3.25. The lowest BCUT2D eigenvalue weighted by Gasteiger charge is -2.32. The number of piperidine rings is 1. The first kappa shape index (κ1) is 12.0. The molecule has 1 aliphatic rings. The van der Waals surface area contributed by atoms with Crippen molar-refractivity contribution in [1.82, 2.24) is 9.88 Å². The number of pyridine rings is 1. The number of carbonyl (C=O) groups is 1. The summed E-state index contributed by atoms with van der Waals surface area (Å²) in [5.41, 5.74) is 0.650. The summed E-state index contributed by atoms with van der Waals surface area (Å²) in [5.74, 6) is 0.495. The molecule has 1 aliphatic heterocycles. The molecule has 0 spiro atoms. The number of nitrogens with zero attached hydrogens (tertiary/aromatic N) is 2. The van der Waals surface area contributed by atoms with E-state index in [9.17, 15) is 4.79 Å². The van der Waals surface area contributed by atoms with Crippen LogP contribution in [0.2, 0.25) is 0 Å². The summed E-state index contributed by atoms with van der Waals surface area (Å²) < 4.78 is 0. The van der Waals surface area contributed by atoms with Crippen molar-refractivity contribution in [2.75, 3.05) is 19.7 Å². The van der Waals surface area contributed by atoms with Crippen LogP contribution in [0, 0.1) is 5.92 Å². The van der Waals surface area contributed by atoms with Crippen molar-refractivity contribution >= 4 is 5.91 Å². The second kappa shape index (κ2) is 5.77. The maximum atomic E-state index is 12.2. The monoisotopic (exact) mass is 234 g/mol. The van der Waals surface area contributed by atoms with Crippen LogP contribution in [-0.2, 0) is 0 Å². The lowest BCUT2D eigenvalue weighted by molar-refractivity contribution is 0.0653. The fraction of sp³-hybridized carbons (Fsp3) is 0.538. The molecular weight excluding hydrogens is 216 g/mol. The molecule has 0 radical (unpaired) electrons. The molecule has 0 aliphatic carbocycles. The number of hydrogen-bond acceptors (Lipinski definition) is 3. The lowest BCUT2D eigenvalue weighted by Crippen LogP contribution is -2.40. The molecule has 1 aromatic heterocycles. The second-order valence-corrected chi connectivity index (χ2v) is 4.51. The zero-order chi connectivity index (χ0) is 12.1. The Labute approximate surface area is 101 Å². The van der Waals surface area contributed by atoms with Gasteiger partial charge < -0.3 is 10.0 Å². The van der Waals surface area contributed by atoms with Crippen LogP contribution in [0.25, 0.3) is 0 Å². The van der Waals surface area contributed by atoms with E-state index in [1.807, 2.05) is 4.90 Å². The van der Waals surface area contributed by atoms with Gasteiger partial charge in [0, 0.05) is 32.1 Å². The molecule has 1 unspecified atom stereocenters.